The third-order valence-electron chi connectivity index (χ3n) is 3.53. The van der Waals surface area contributed by atoms with Gasteiger partial charge < -0.3 is 10.1 Å². The van der Waals surface area contributed by atoms with E-state index in [-0.39, 0.29) is 17.0 Å². The van der Waals surface area contributed by atoms with Gasteiger partial charge in [-0.1, -0.05) is 0 Å². The molecule has 0 spiro atoms. The summed E-state index contributed by atoms with van der Waals surface area (Å²) in [6.07, 6.45) is 2.46. The molecule has 2 nitrogen and oxygen atoms in total. The zero-order chi connectivity index (χ0) is 13.0. The molecule has 18 heavy (non-hydrogen) atoms. The van der Waals surface area contributed by atoms with Gasteiger partial charge in [0.25, 0.3) is 0 Å². The van der Waals surface area contributed by atoms with Crippen LogP contribution >= 0.6 is 0 Å². The van der Waals surface area contributed by atoms with Crippen molar-refractivity contribution in [1.82, 2.24) is 5.32 Å². The average Bonchev–Trinajstić information content (AvgIpc) is 2.35. The summed E-state index contributed by atoms with van der Waals surface area (Å²) in [5, 5.41) is 3.14. The minimum Gasteiger partial charge on any atom is -0.381 e. The number of halogens is 2. The molecule has 1 aromatic carbocycles. The van der Waals surface area contributed by atoms with Crippen LogP contribution < -0.4 is 5.32 Å². The fourth-order valence-corrected chi connectivity index (χ4v) is 2.71. The van der Waals surface area contributed by atoms with Crippen molar-refractivity contribution in [3.05, 3.63) is 35.4 Å². The summed E-state index contributed by atoms with van der Waals surface area (Å²) >= 11 is 0. The lowest BCUT2D eigenvalue weighted by Crippen LogP contribution is -2.42. The first-order valence-corrected chi connectivity index (χ1v) is 6.31. The Balaban J connectivity index is 2.19. The number of ether oxygens (including phenoxy) is 1. The molecular weight excluding hydrogens is 236 g/mol. The highest BCUT2D eigenvalue weighted by molar-refractivity contribution is 5.20. The van der Waals surface area contributed by atoms with E-state index in [1.807, 2.05) is 7.05 Å². The molecule has 0 radical (unpaired) electrons. The molecule has 1 aliphatic heterocycles. The molecule has 1 saturated heterocycles. The van der Waals surface area contributed by atoms with Gasteiger partial charge in [0, 0.05) is 18.6 Å². The molecule has 1 N–H and O–H groups in total. The highest BCUT2D eigenvalue weighted by Gasteiger charge is 2.33. The van der Waals surface area contributed by atoms with Crippen LogP contribution in [-0.2, 0) is 11.2 Å². The van der Waals surface area contributed by atoms with Gasteiger partial charge in [-0.15, -0.1) is 0 Å². The Morgan fingerprint density at radius 1 is 1.39 bits per heavy atom. The molecule has 1 heterocycles. The Kier molecular flexibility index (Phi) is 4.30. The lowest BCUT2D eigenvalue weighted by Gasteiger charge is -2.37. The minimum atomic E-state index is -0.386. The Hall–Kier alpha value is -1.00. The van der Waals surface area contributed by atoms with E-state index < -0.39 is 0 Å². The molecule has 0 bridgehead atoms. The second kappa shape index (κ2) is 5.76. The van der Waals surface area contributed by atoms with E-state index in [0.717, 1.165) is 32.1 Å². The van der Waals surface area contributed by atoms with Crippen molar-refractivity contribution in [3.8, 4) is 0 Å². The lowest BCUT2D eigenvalue weighted by molar-refractivity contribution is -0.00665. The lowest BCUT2D eigenvalue weighted by atomic mass is 9.77. The average molecular weight is 255 g/mol. The predicted octanol–water partition coefficient (Wildman–Crippen LogP) is 2.52. The van der Waals surface area contributed by atoms with Crippen LogP contribution in [0.4, 0.5) is 8.78 Å². The molecule has 1 aliphatic rings. The van der Waals surface area contributed by atoms with Crippen molar-refractivity contribution in [2.45, 2.75) is 19.3 Å². The van der Waals surface area contributed by atoms with E-state index in [4.69, 9.17) is 4.74 Å². The van der Waals surface area contributed by atoms with E-state index in [2.05, 4.69) is 5.32 Å². The maximum absolute atomic E-state index is 13.7. The van der Waals surface area contributed by atoms with E-state index >= 15 is 0 Å². The molecule has 1 atom stereocenters. The smallest absolute Gasteiger partial charge is 0.126 e. The van der Waals surface area contributed by atoms with E-state index in [1.54, 1.807) is 0 Å². The van der Waals surface area contributed by atoms with Gasteiger partial charge in [-0.2, -0.15) is 0 Å². The van der Waals surface area contributed by atoms with Crippen molar-refractivity contribution in [2.75, 3.05) is 26.8 Å². The van der Waals surface area contributed by atoms with E-state index in [0.29, 0.717) is 18.6 Å². The highest BCUT2D eigenvalue weighted by atomic mass is 19.1. The van der Waals surface area contributed by atoms with Crippen molar-refractivity contribution in [2.24, 2.45) is 5.41 Å². The normalized spacial score (nSPS) is 24.2. The first-order chi connectivity index (χ1) is 8.65. The second-order valence-electron chi connectivity index (χ2n) is 5.10. The van der Waals surface area contributed by atoms with E-state index in [9.17, 15) is 8.78 Å². The van der Waals surface area contributed by atoms with Crippen LogP contribution in [0.15, 0.2) is 18.2 Å². The summed E-state index contributed by atoms with van der Waals surface area (Å²) in [6, 6.07) is 3.64. The monoisotopic (exact) mass is 255 g/mol. The van der Waals surface area contributed by atoms with Crippen molar-refractivity contribution < 1.29 is 13.5 Å². The summed E-state index contributed by atoms with van der Waals surface area (Å²) in [4.78, 5) is 0. The largest absolute Gasteiger partial charge is 0.381 e. The number of hydrogen-bond donors (Lipinski definition) is 1. The maximum Gasteiger partial charge on any atom is 0.126 e. The molecule has 0 saturated carbocycles. The Morgan fingerprint density at radius 3 is 2.89 bits per heavy atom. The number of nitrogens with one attached hydrogen (secondary N) is 1. The first-order valence-electron chi connectivity index (χ1n) is 6.31. The number of benzene rings is 1. The number of rotatable bonds is 4. The van der Waals surface area contributed by atoms with Crippen molar-refractivity contribution in [3.63, 3.8) is 0 Å². The third-order valence-corrected chi connectivity index (χ3v) is 3.53. The topological polar surface area (TPSA) is 21.3 Å². The van der Waals surface area contributed by atoms with Gasteiger partial charge >= 0.3 is 0 Å². The fourth-order valence-electron chi connectivity index (χ4n) is 2.71. The Labute approximate surface area is 106 Å². The van der Waals surface area contributed by atoms with Crippen LogP contribution in [0.2, 0.25) is 0 Å². The quantitative estimate of drug-likeness (QED) is 0.892. The second-order valence-corrected chi connectivity index (χ2v) is 5.10. The summed E-state index contributed by atoms with van der Waals surface area (Å²) in [5.41, 5.74) is 0.317. The van der Waals surface area contributed by atoms with Gasteiger partial charge in [0.15, 0.2) is 0 Å². The van der Waals surface area contributed by atoms with Gasteiger partial charge in [0.2, 0.25) is 0 Å². The fraction of sp³-hybridized carbons (Fsp3) is 0.571. The molecular formula is C14H19F2NO. The molecule has 4 heteroatoms. The molecule has 1 aromatic rings. The van der Waals surface area contributed by atoms with Crippen LogP contribution in [0.5, 0.6) is 0 Å². The Morgan fingerprint density at radius 2 is 2.22 bits per heavy atom. The maximum atomic E-state index is 13.7. The van der Waals surface area contributed by atoms with Crippen LogP contribution in [0.1, 0.15) is 18.4 Å². The number of hydrogen-bond acceptors (Lipinski definition) is 2. The molecule has 1 fully saturated rings. The highest BCUT2D eigenvalue weighted by Crippen LogP contribution is 2.32. The van der Waals surface area contributed by atoms with Crippen LogP contribution in [0, 0.1) is 17.0 Å². The van der Waals surface area contributed by atoms with Gasteiger partial charge in [0.1, 0.15) is 11.6 Å². The molecule has 100 valence electrons. The van der Waals surface area contributed by atoms with Crippen molar-refractivity contribution in [1.29, 1.82) is 0 Å². The summed E-state index contributed by atoms with van der Waals surface area (Å²) in [6.45, 7) is 2.11. The molecule has 2 rings (SSSR count). The molecule has 0 aromatic heterocycles. The Bertz CT molecular complexity index is 397. The minimum absolute atomic E-state index is 0.123. The zero-order valence-electron chi connectivity index (χ0n) is 10.6. The summed E-state index contributed by atoms with van der Waals surface area (Å²) in [5.74, 6) is -0.722. The molecule has 1 unspecified atom stereocenters. The first kappa shape index (κ1) is 13.4. The van der Waals surface area contributed by atoms with Gasteiger partial charge in [-0.25, -0.2) is 8.78 Å². The standard InChI is InChI=1S/C14H19F2NO/c1-17-9-14(5-2-6-18-10-14)8-11-7-12(15)3-4-13(11)16/h3-4,7,17H,2,5-6,8-10H2,1H3. The van der Waals surface area contributed by atoms with Gasteiger partial charge in [0.05, 0.1) is 6.61 Å². The van der Waals surface area contributed by atoms with E-state index in [1.165, 1.54) is 12.1 Å². The molecule has 0 amide bonds. The van der Waals surface area contributed by atoms with Gasteiger partial charge in [-0.05, 0) is 50.1 Å². The van der Waals surface area contributed by atoms with Crippen LogP contribution in [-0.4, -0.2) is 26.8 Å². The predicted molar refractivity (Wildman–Crippen MR) is 66.5 cm³/mol. The van der Waals surface area contributed by atoms with Crippen LogP contribution in [0.25, 0.3) is 0 Å². The molecule has 0 aliphatic carbocycles. The third kappa shape index (κ3) is 3.06. The summed E-state index contributed by atoms with van der Waals surface area (Å²) in [7, 11) is 1.87. The summed E-state index contributed by atoms with van der Waals surface area (Å²) < 4.78 is 32.4. The van der Waals surface area contributed by atoms with Gasteiger partial charge in [-0.3, -0.25) is 0 Å². The van der Waals surface area contributed by atoms with Crippen LogP contribution in [0.3, 0.4) is 0 Å². The SMILES string of the molecule is CNCC1(Cc2cc(F)ccc2F)CCCOC1. The zero-order valence-corrected chi connectivity index (χ0v) is 10.6. The van der Waals surface area contributed by atoms with Crippen molar-refractivity contribution >= 4 is 0 Å².